The molecule has 0 amide bonds. The molecule has 0 saturated carbocycles. The van der Waals surface area contributed by atoms with E-state index in [2.05, 4.69) is 62.5 Å². The molecule has 0 saturated heterocycles. The number of hydrogen-bond acceptors (Lipinski definition) is 4. The summed E-state index contributed by atoms with van der Waals surface area (Å²) in [5, 5.41) is 0. The van der Waals surface area contributed by atoms with Crippen LogP contribution in [-0.2, 0) is 20.7 Å². The molecule has 0 spiro atoms. The van der Waals surface area contributed by atoms with Crippen LogP contribution >= 0.6 is 0 Å². The van der Waals surface area contributed by atoms with Crippen molar-refractivity contribution in [2.24, 2.45) is 0 Å². The maximum atomic E-state index is 11.7. The van der Waals surface area contributed by atoms with Gasteiger partial charge in [0.2, 0.25) is 0 Å². The summed E-state index contributed by atoms with van der Waals surface area (Å²) in [5.74, 6) is -0.290. The molecule has 33 heavy (non-hydrogen) atoms. The Morgan fingerprint density at radius 3 is 1.91 bits per heavy atom. The molecule has 4 nitrogen and oxygen atoms in total. The van der Waals surface area contributed by atoms with E-state index < -0.39 is 5.97 Å². The van der Waals surface area contributed by atoms with Gasteiger partial charge in [-0.1, -0.05) is 67.8 Å². The molecular weight excluding hydrogens is 412 g/mol. The average molecular weight is 441 g/mol. The van der Waals surface area contributed by atoms with Crippen molar-refractivity contribution in [3.05, 3.63) is 102 Å². The van der Waals surface area contributed by atoms with Crippen molar-refractivity contribution in [1.29, 1.82) is 0 Å². The van der Waals surface area contributed by atoms with E-state index in [-0.39, 0.29) is 5.97 Å². The molecular formula is C29H28O4. The van der Waals surface area contributed by atoms with Gasteiger partial charge in [0, 0.05) is 17.6 Å². The zero-order chi connectivity index (χ0) is 24.0. The number of aryl methyl sites for hydroxylation is 1. The van der Waals surface area contributed by atoms with E-state index in [0.717, 1.165) is 33.4 Å². The molecule has 0 aliphatic rings. The van der Waals surface area contributed by atoms with Gasteiger partial charge in [0.15, 0.2) is 0 Å². The van der Waals surface area contributed by atoms with Gasteiger partial charge in [0.25, 0.3) is 0 Å². The van der Waals surface area contributed by atoms with Crippen LogP contribution in [0.2, 0.25) is 0 Å². The first-order chi connectivity index (χ1) is 15.7. The smallest absolute Gasteiger partial charge is 0.338 e. The van der Waals surface area contributed by atoms with E-state index in [9.17, 15) is 9.59 Å². The molecule has 0 fully saturated rings. The van der Waals surface area contributed by atoms with Crippen molar-refractivity contribution in [3.8, 4) is 28.0 Å². The minimum absolute atomic E-state index is 0.337. The Balaban J connectivity index is 1.68. The first kappa shape index (κ1) is 23.7. The highest BCUT2D eigenvalue weighted by Gasteiger charge is 2.08. The molecule has 4 heteroatoms. The van der Waals surface area contributed by atoms with E-state index in [0.29, 0.717) is 29.9 Å². The number of carbonyl (C=O) groups excluding carboxylic acids is 2. The lowest BCUT2D eigenvalue weighted by Gasteiger charge is -2.11. The molecule has 3 rings (SSSR count). The van der Waals surface area contributed by atoms with Crippen LogP contribution in [0.15, 0.2) is 91.0 Å². The fourth-order valence-electron chi connectivity index (χ4n) is 3.31. The third kappa shape index (κ3) is 6.30. The van der Waals surface area contributed by atoms with Crippen LogP contribution in [0.1, 0.15) is 25.0 Å². The summed E-state index contributed by atoms with van der Waals surface area (Å²) in [4.78, 5) is 23.1. The summed E-state index contributed by atoms with van der Waals surface area (Å²) in [6.07, 6.45) is 0.662. The normalized spacial score (nSPS) is 10.4. The Kier molecular flexibility index (Phi) is 7.62. The van der Waals surface area contributed by atoms with Crippen molar-refractivity contribution in [2.45, 2.75) is 27.2 Å². The molecule has 0 N–H and O–H groups in total. The zero-order valence-corrected chi connectivity index (χ0v) is 19.3. The summed E-state index contributed by atoms with van der Waals surface area (Å²) in [7, 11) is 0. The fourth-order valence-corrected chi connectivity index (χ4v) is 3.31. The van der Waals surface area contributed by atoms with Gasteiger partial charge in [-0.25, -0.2) is 9.59 Å². The van der Waals surface area contributed by atoms with E-state index in [1.165, 1.54) is 0 Å². The topological polar surface area (TPSA) is 52.6 Å². The first-order valence-corrected chi connectivity index (χ1v) is 10.8. The maximum absolute atomic E-state index is 11.7. The Morgan fingerprint density at radius 2 is 1.33 bits per heavy atom. The van der Waals surface area contributed by atoms with Crippen LogP contribution in [0.4, 0.5) is 0 Å². The second-order valence-electron chi connectivity index (χ2n) is 8.09. The summed E-state index contributed by atoms with van der Waals surface area (Å²) in [6, 6.07) is 22.1. The molecule has 3 aromatic rings. The second-order valence-corrected chi connectivity index (χ2v) is 8.09. The highest BCUT2D eigenvalue weighted by atomic mass is 16.5. The zero-order valence-electron chi connectivity index (χ0n) is 19.3. The average Bonchev–Trinajstić information content (AvgIpc) is 2.80. The Bertz CT molecular complexity index is 1190. The fraction of sp³-hybridized carbons (Fsp3) is 0.172. The minimum Gasteiger partial charge on any atom is -0.462 e. The summed E-state index contributed by atoms with van der Waals surface area (Å²) >= 11 is 0. The Morgan fingerprint density at radius 1 is 0.758 bits per heavy atom. The molecule has 0 unspecified atom stereocenters. The van der Waals surface area contributed by atoms with Crippen LogP contribution in [0.25, 0.3) is 22.3 Å². The van der Waals surface area contributed by atoms with Crippen molar-refractivity contribution in [2.75, 3.05) is 6.61 Å². The van der Waals surface area contributed by atoms with E-state index >= 15 is 0 Å². The standard InChI is InChI=1S/C29H28O4/c1-19(2)28(30)32-17-16-22-6-8-24(9-7-22)27-15-12-25(18-21(27)5)23-10-13-26(14-11-23)33-29(31)20(3)4/h6-15,18H,1,3,16-17H2,2,4-5H3. The molecule has 0 aromatic heterocycles. The number of esters is 2. The third-order valence-electron chi connectivity index (χ3n) is 5.21. The number of ether oxygens (including phenoxy) is 2. The molecule has 0 bridgehead atoms. The lowest BCUT2D eigenvalue weighted by molar-refractivity contribution is -0.138. The summed E-state index contributed by atoms with van der Waals surface area (Å²) in [5.41, 5.74) is 7.46. The molecule has 0 atom stereocenters. The van der Waals surface area contributed by atoms with Crippen molar-refractivity contribution in [3.63, 3.8) is 0 Å². The van der Waals surface area contributed by atoms with Crippen LogP contribution < -0.4 is 4.74 Å². The Hall–Kier alpha value is -3.92. The largest absolute Gasteiger partial charge is 0.462 e. The molecule has 0 aliphatic carbocycles. The van der Waals surface area contributed by atoms with Gasteiger partial charge in [0.1, 0.15) is 5.75 Å². The van der Waals surface area contributed by atoms with E-state index in [1.807, 2.05) is 12.1 Å². The number of rotatable bonds is 8. The van der Waals surface area contributed by atoms with Crippen LogP contribution in [0.5, 0.6) is 5.75 Å². The number of carbonyl (C=O) groups is 2. The SMILES string of the molecule is C=C(C)C(=O)OCCc1ccc(-c2ccc(-c3ccc(OC(=O)C(=C)C)cc3)cc2C)cc1. The second kappa shape index (κ2) is 10.6. The van der Waals surface area contributed by atoms with Gasteiger partial charge < -0.3 is 9.47 Å². The quantitative estimate of drug-likeness (QED) is 0.229. The summed E-state index contributed by atoms with van der Waals surface area (Å²) < 4.78 is 10.4. The molecule has 0 heterocycles. The van der Waals surface area contributed by atoms with Crippen molar-refractivity contribution >= 4 is 11.9 Å². The van der Waals surface area contributed by atoms with Crippen LogP contribution in [0.3, 0.4) is 0 Å². The lowest BCUT2D eigenvalue weighted by Crippen LogP contribution is -2.07. The van der Waals surface area contributed by atoms with Gasteiger partial charge in [-0.05, 0) is 66.3 Å². The highest BCUT2D eigenvalue weighted by Crippen LogP contribution is 2.30. The van der Waals surface area contributed by atoms with Crippen LogP contribution in [-0.4, -0.2) is 18.5 Å². The lowest BCUT2D eigenvalue weighted by atomic mass is 9.95. The monoisotopic (exact) mass is 440 g/mol. The highest BCUT2D eigenvalue weighted by molar-refractivity contribution is 5.89. The first-order valence-electron chi connectivity index (χ1n) is 10.8. The van der Waals surface area contributed by atoms with E-state index in [4.69, 9.17) is 9.47 Å². The molecule has 0 aliphatic heterocycles. The minimum atomic E-state index is -0.429. The number of hydrogen-bond donors (Lipinski definition) is 0. The van der Waals surface area contributed by atoms with Crippen LogP contribution in [0, 0.1) is 6.92 Å². The third-order valence-corrected chi connectivity index (χ3v) is 5.21. The van der Waals surface area contributed by atoms with Crippen molar-refractivity contribution in [1.82, 2.24) is 0 Å². The predicted octanol–water partition coefficient (Wildman–Crippen LogP) is 6.47. The maximum Gasteiger partial charge on any atom is 0.338 e. The molecule has 0 radical (unpaired) electrons. The van der Waals surface area contributed by atoms with Gasteiger partial charge in [-0.2, -0.15) is 0 Å². The Labute approximate surface area is 195 Å². The van der Waals surface area contributed by atoms with Gasteiger partial charge >= 0.3 is 11.9 Å². The predicted molar refractivity (Wildman–Crippen MR) is 132 cm³/mol. The van der Waals surface area contributed by atoms with E-state index in [1.54, 1.807) is 26.0 Å². The van der Waals surface area contributed by atoms with Crippen molar-refractivity contribution < 1.29 is 19.1 Å². The molecule has 3 aromatic carbocycles. The summed E-state index contributed by atoms with van der Waals surface area (Å²) in [6.45, 7) is 12.9. The van der Waals surface area contributed by atoms with Gasteiger partial charge in [-0.15, -0.1) is 0 Å². The molecule has 168 valence electrons. The van der Waals surface area contributed by atoms with Gasteiger partial charge in [-0.3, -0.25) is 0 Å². The van der Waals surface area contributed by atoms with Gasteiger partial charge in [0.05, 0.1) is 6.61 Å². The number of benzene rings is 3.